The third-order valence-electron chi connectivity index (χ3n) is 5.19. The molecule has 1 aliphatic rings. The molecule has 0 saturated heterocycles. The molecule has 0 fully saturated rings. The van der Waals surface area contributed by atoms with Crippen LogP contribution in [0, 0.1) is 5.41 Å². The monoisotopic (exact) mass is 403 g/mol. The average Bonchev–Trinajstić information content (AvgIpc) is 2.75. The minimum absolute atomic E-state index is 0.00750. The quantitative estimate of drug-likeness (QED) is 0.726. The van der Waals surface area contributed by atoms with E-state index in [2.05, 4.69) is 20.3 Å². The van der Waals surface area contributed by atoms with Gasteiger partial charge < -0.3 is 10.2 Å². The molecule has 0 saturated carbocycles. The Hall–Kier alpha value is -3.35. The molecule has 1 aromatic carbocycles. The third-order valence-corrected chi connectivity index (χ3v) is 5.19. The maximum Gasteiger partial charge on any atom is 0.274 e. The minimum atomic E-state index is -0.439. The zero-order chi connectivity index (χ0) is 21.3. The van der Waals surface area contributed by atoms with Crippen molar-refractivity contribution < 1.29 is 9.59 Å². The van der Waals surface area contributed by atoms with Crippen LogP contribution in [0.5, 0.6) is 0 Å². The maximum atomic E-state index is 13.0. The van der Waals surface area contributed by atoms with Gasteiger partial charge in [-0.25, -0.2) is 4.98 Å². The molecule has 1 N–H and O–H groups in total. The molecule has 0 unspecified atom stereocenters. The largest absolute Gasteiger partial charge is 0.352 e. The molecule has 0 aliphatic carbocycles. The highest BCUT2D eigenvalue weighted by atomic mass is 16.2. The van der Waals surface area contributed by atoms with Gasteiger partial charge in [-0.05, 0) is 29.3 Å². The number of benzene rings is 1. The zero-order valence-electron chi connectivity index (χ0n) is 17.5. The van der Waals surface area contributed by atoms with Crippen molar-refractivity contribution in [3.05, 3.63) is 65.2 Å². The number of carbonyl (C=O) groups excluding carboxylic acids is 2. The number of hydrogen-bond acceptors (Lipinski definition) is 5. The smallest absolute Gasteiger partial charge is 0.274 e. The summed E-state index contributed by atoms with van der Waals surface area (Å²) in [5, 5.41) is 2.94. The van der Waals surface area contributed by atoms with Crippen LogP contribution in [0.4, 0.5) is 0 Å². The lowest BCUT2D eigenvalue weighted by Gasteiger charge is -2.28. The number of pyridine rings is 1. The van der Waals surface area contributed by atoms with E-state index in [0.29, 0.717) is 37.3 Å². The van der Waals surface area contributed by atoms with Crippen molar-refractivity contribution in [1.29, 1.82) is 0 Å². The predicted molar refractivity (Wildman–Crippen MR) is 114 cm³/mol. The van der Waals surface area contributed by atoms with E-state index in [1.807, 2.05) is 51.1 Å². The molecule has 3 aromatic rings. The molecule has 0 radical (unpaired) electrons. The van der Waals surface area contributed by atoms with Gasteiger partial charge in [-0.1, -0.05) is 32.9 Å². The molecule has 1 aliphatic heterocycles. The van der Waals surface area contributed by atoms with E-state index >= 15 is 0 Å². The number of rotatable bonds is 3. The van der Waals surface area contributed by atoms with Gasteiger partial charge in [0, 0.05) is 43.4 Å². The third kappa shape index (κ3) is 4.15. The summed E-state index contributed by atoms with van der Waals surface area (Å²) in [6.45, 7) is 7.12. The Kier molecular flexibility index (Phi) is 5.20. The van der Waals surface area contributed by atoms with Gasteiger partial charge in [0.2, 0.25) is 5.91 Å². The van der Waals surface area contributed by atoms with Crippen LogP contribution >= 0.6 is 0 Å². The van der Waals surface area contributed by atoms with Crippen molar-refractivity contribution in [2.45, 2.75) is 40.3 Å². The summed E-state index contributed by atoms with van der Waals surface area (Å²) in [5.41, 5.74) is 4.31. The Balaban J connectivity index is 1.49. The highest BCUT2D eigenvalue weighted by molar-refractivity contribution is 5.94. The lowest BCUT2D eigenvalue weighted by atomic mass is 9.95. The van der Waals surface area contributed by atoms with Gasteiger partial charge in [0.05, 0.1) is 17.2 Å². The molecule has 154 valence electrons. The van der Waals surface area contributed by atoms with Gasteiger partial charge in [-0.15, -0.1) is 0 Å². The maximum absolute atomic E-state index is 13.0. The average molecular weight is 403 g/mol. The van der Waals surface area contributed by atoms with Crippen LogP contribution in [-0.4, -0.2) is 38.2 Å². The fourth-order valence-corrected chi connectivity index (χ4v) is 3.42. The molecular formula is C23H25N5O2. The molecular weight excluding hydrogens is 378 g/mol. The van der Waals surface area contributed by atoms with E-state index in [-0.39, 0.29) is 11.8 Å². The van der Waals surface area contributed by atoms with E-state index in [9.17, 15) is 9.59 Å². The van der Waals surface area contributed by atoms with Crippen LogP contribution in [0.1, 0.15) is 48.1 Å². The van der Waals surface area contributed by atoms with Crippen LogP contribution in [0.25, 0.3) is 11.0 Å². The topological polar surface area (TPSA) is 88.1 Å². The molecule has 30 heavy (non-hydrogen) atoms. The Morgan fingerprint density at radius 2 is 1.87 bits per heavy atom. The molecule has 0 spiro atoms. The Labute approximate surface area is 175 Å². The van der Waals surface area contributed by atoms with E-state index in [0.717, 1.165) is 22.3 Å². The first kappa shape index (κ1) is 19.9. The Bertz CT molecular complexity index is 1120. The fourth-order valence-electron chi connectivity index (χ4n) is 3.42. The van der Waals surface area contributed by atoms with Gasteiger partial charge >= 0.3 is 0 Å². The van der Waals surface area contributed by atoms with Crippen LogP contribution in [0.15, 0.2) is 42.7 Å². The molecule has 2 amide bonds. The summed E-state index contributed by atoms with van der Waals surface area (Å²) < 4.78 is 0. The van der Waals surface area contributed by atoms with Crippen molar-refractivity contribution in [3.8, 4) is 0 Å². The molecule has 2 aromatic heterocycles. The molecule has 0 atom stereocenters. The standard InChI is InChI=1S/C23H25N5O2/c1-23(2,3)22(30)26-12-15-10-16-14-28(9-8-17(16)24-11-15)21(29)20-13-25-18-6-4-5-7-19(18)27-20/h4-7,10-11,13H,8-9,12,14H2,1-3H3,(H,26,30). The second kappa shape index (κ2) is 7.82. The van der Waals surface area contributed by atoms with Crippen LogP contribution in [0.3, 0.4) is 0 Å². The number of carbonyl (C=O) groups is 2. The van der Waals surface area contributed by atoms with Crippen molar-refractivity contribution >= 4 is 22.8 Å². The molecule has 4 rings (SSSR count). The Morgan fingerprint density at radius 3 is 2.63 bits per heavy atom. The summed E-state index contributed by atoms with van der Waals surface area (Å²) >= 11 is 0. The van der Waals surface area contributed by atoms with E-state index in [4.69, 9.17) is 0 Å². The predicted octanol–water partition coefficient (Wildman–Crippen LogP) is 2.89. The van der Waals surface area contributed by atoms with Gasteiger partial charge in [0.25, 0.3) is 5.91 Å². The van der Waals surface area contributed by atoms with Gasteiger partial charge in [-0.3, -0.25) is 19.6 Å². The van der Waals surface area contributed by atoms with Crippen molar-refractivity contribution in [1.82, 2.24) is 25.2 Å². The zero-order valence-corrected chi connectivity index (χ0v) is 17.5. The molecule has 0 bridgehead atoms. The van der Waals surface area contributed by atoms with Gasteiger partial charge in [0.15, 0.2) is 0 Å². The van der Waals surface area contributed by atoms with Crippen molar-refractivity contribution in [3.63, 3.8) is 0 Å². The number of nitrogens with one attached hydrogen (secondary N) is 1. The van der Waals surface area contributed by atoms with E-state index in [1.165, 1.54) is 6.20 Å². The molecule has 7 heteroatoms. The number of para-hydroxylation sites is 2. The van der Waals surface area contributed by atoms with Crippen molar-refractivity contribution in [2.75, 3.05) is 6.54 Å². The lowest BCUT2D eigenvalue weighted by Crippen LogP contribution is -2.37. The highest BCUT2D eigenvalue weighted by Gasteiger charge is 2.25. The van der Waals surface area contributed by atoms with E-state index < -0.39 is 5.41 Å². The number of nitrogens with zero attached hydrogens (tertiary/aromatic N) is 4. The Morgan fingerprint density at radius 1 is 1.10 bits per heavy atom. The SMILES string of the molecule is CC(C)(C)C(=O)NCc1cnc2c(c1)CN(C(=O)c1cnc3ccccc3n1)CC2. The molecule has 3 heterocycles. The first-order valence-electron chi connectivity index (χ1n) is 10.1. The number of fused-ring (bicyclic) bond motifs is 2. The van der Waals surface area contributed by atoms with Gasteiger partial charge in [0.1, 0.15) is 5.69 Å². The van der Waals surface area contributed by atoms with Crippen LogP contribution in [-0.2, 0) is 24.3 Å². The summed E-state index contributed by atoms with van der Waals surface area (Å²) in [5.74, 6) is -0.141. The minimum Gasteiger partial charge on any atom is -0.352 e. The second-order valence-electron chi connectivity index (χ2n) is 8.60. The summed E-state index contributed by atoms with van der Waals surface area (Å²) in [7, 11) is 0. The first-order chi connectivity index (χ1) is 14.3. The number of aromatic nitrogens is 3. The normalized spacial score (nSPS) is 13.8. The molecule has 7 nitrogen and oxygen atoms in total. The van der Waals surface area contributed by atoms with Crippen LogP contribution in [0.2, 0.25) is 0 Å². The van der Waals surface area contributed by atoms with Gasteiger partial charge in [-0.2, -0.15) is 0 Å². The second-order valence-corrected chi connectivity index (χ2v) is 8.60. The lowest BCUT2D eigenvalue weighted by molar-refractivity contribution is -0.128. The number of hydrogen-bond donors (Lipinski definition) is 1. The first-order valence-corrected chi connectivity index (χ1v) is 10.1. The van der Waals surface area contributed by atoms with E-state index in [1.54, 1.807) is 11.1 Å². The summed E-state index contributed by atoms with van der Waals surface area (Å²) in [6, 6.07) is 9.53. The number of amides is 2. The van der Waals surface area contributed by atoms with Crippen molar-refractivity contribution in [2.24, 2.45) is 5.41 Å². The highest BCUT2D eigenvalue weighted by Crippen LogP contribution is 2.21. The summed E-state index contributed by atoms with van der Waals surface area (Å²) in [6.07, 6.45) is 4.03. The fraction of sp³-hybridized carbons (Fsp3) is 0.348. The van der Waals surface area contributed by atoms with Crippen LogP contribution < -0.4 is 5.32 Å². The summed E-state index contributed by atoms with van der Waals surface area (Å²) in [4.78, 5) is 40.3.